The van der Waals surface area contributed by atoms with Crippen LogP contribution in [0.4, 0.5) is 10.5 Å². The molecule has 0 aliphatic carbocycles. The molecule has 15 heteroatoms. The zero-order valence-corrected chi connectivity index (χ0v) is 20.3. The number of rotatable bonds is 7. The first-order valence-corrected chi connectivity index (χ1v) is 13.3. The smallest absolute Gasteiger partial charge is 0.331 e. The normalized spacial score (nSPS) is 15.8. The van der Waals surface area contributed by atoms with Crippen LogP contribution in [0.2, 0.25) is 0 Å². The number of nitrogens with two attached hydrogens (primary N) is 2. The molecule has 0 bridgehead atoms. The Morgan fingerprint density at radius 1 is 0.943 bits per heavy atom. The van der Waals surface area contributed by atoms with E-state index in [-0.39, 0.29) is 22.0 Å². The van der Waals surface area contributed by atoms with E-state index in [0.717, 1.165) is 10.5 Å². The third kappa shape index (κ3) is 6.39. The minimum absolute atomic E-state index is 0.0685. The summed E-state index contributed by atoms with van der Waals surface area (Å²) in [7, 11) is -8.12. The number of sulfonamides is 2. The van der Waals surface area contributed by atoms with Crippen molar-refractivity contribution in [3.05, 3.63) is 54.1 Å². The Morgan fingerprint density at radius 3 is 2.11 bits per heavy atom. The van der Waals surface area contributed by atoms with Gasteiger partial charge in [-0.3, -0.25) is 4.79 Å². The first-order valence-electron chi connectivity index (χ1n) is 10.3. The molecule has 1 saturated heterocycles. The van der Waals surface area contributed by atoms with Crippen molar-refractivity contribution in [1.29, 1.82) is 0 Å². The van der Waals surface area contributed by atoms with Crippen LogP contribution in [0, 0.1) is 6.92 Å². The summed E-state index contributed by atoms with van der Waals surface area (Å²) in [5.74, 6) is -1.01. The summed E-state index contributed by atoms with van der Waals surface area (Å²) in [5.41, 5.74) is 11.3. The minimum Gasteiger partial charge on any atom is -0.369 e. The fraction of sp³-hybridized carbons (Fsp3) is 0.250. The molecule has 0 saturated carbocycles. The predicted octanol–water partition coefficient (Wildman–Crippen LogP) is -0.0369. The van der Waals surface area contributed by atoms with E-state index >= 15 is 0 Å². The summed E-state index contributed by atoms with van der Waals surface area (Å²) in [6, 6.07) is 9.33. The van der Waals surface area contributed by atoms with Crippen LogP contribution >= 0.6 is 0 Å². The maximum absolute atomic E-state index is 12.8. The zero-order valence-electron chi connectivity index (χ0n) is 18.6. The van der Waals surface area contributed by atoms with Crippen molar-refractivity contribution >= 4 is 43.6 Å². The second-order valence-electron chi connectivity index (χ2n) is 7.72. The van der Waals surface area contributed by atoms with E-state index in [1.807, 2.05) is 9.55 Å². The van der Waals surface area contributed by atoms with E-state index in [9.17, 15) is 26.4 Å². The summed E-state index contributed by atoms with van der Waals surface area (Å²) < 4.78 is 51.3. The number of urea groups is 1. The number of nitrogens with one attached hydrogen (secondary N) is 3. The molecule has 0 aromatic heterocycles. The van der Waals surface area contributed by atoms with Crippen molar-refractivity contribution in [3.63, 3.8) is 0 Å². The lowest BCUT2D eigenvalue weighted by Crippen LogP contribution is -2.49. The number of nitrogens with zero attached hydrogens (tertiary/aromatic N) is 2. The molecular weight excluding hydrogens is 498 g/mol. The molecule has 13 nitrogen and oxygen atoms in total. The number of hydrogen-bond acceptors (Lipinski definition) is 7. The number of hydrazone groups is 1. The first kappa shape index (κ1) is 25.8. The summed E-state index contributed by atoms with van der Waals surface area (Å²) in [6.45, 7) is 2.00. The molecule has 1 fully saturated rings. The Morgan fingerprint density at radius 2 is 1.51 bits per heavy atom. The van der Waals surface area contributed by atoms with Gasteiger partial charge in [-0.25, -0.2) is 17.9 Å². The Hall–Kier alpha value is -3.85. The van der Waals surface area contributed by atoms with Gasteiger partial charge < -0.3 is 21.7 Å². The van der Waals surface area contributed by atoms with Crippen LogP contribution in [0.5, 0.6) is 0 Å². The number of guanidine groups is 1. The van der Waals surface area contributed by atoms with E-state index < -0.39 is 44.0 Å². The topological polar surface area (TPSA) is 206 Å². The standard InChI is InChI=1S/C20H25N7O6S2/c1-13-4-8-15(9-5-13)34(30,31)25-20(29)27-12-2-3-17(27)18(28)23-14-6-10-16(11-7-14)35(32,33)26-24-19(21)22/h4-11,17,26H,2-3,12H2,1H3,(H,23,28)(H,25,29)(H4,21,22,24). The number of benzene rings is 2. The average molecular weight is 524 g/mol. The van der Waals surface area contributed by atoms with Crippen LogP contribution in [-0.2, 0) is 24.8 Å². The average Bonchev–Trinajstić information content (AvgIpc) is 3.29. The highest BCUT2D eigenvalue weighted by Gasteiger charge is 2.36. The highest BCUT2D eigenvalue weighted by molar-refractivity contribution is 7.90. The molecule has 1 unspecified atom stereocenters. The van der Waals surface area contributed by atoms with Gasteiger partial charge >= 0.3 is 6.03 Å². The van der Waals surface area contributed by atoms with Crippen LogP contribution in [0.3, 0.4) is 0 Å². The molecular formula is C20H25N7O6S2. The fourth-order valence-electron chi connectivity index (χ4n) is 3.34. The number of carbonyl (C=O) groups is 2. The molecule has 188 valence electrons. The van der Waals surface area contributed by atoms with Crippen molar-refractivity contribution in [2.75, 3.05) is 11.9 Å². The zero-order chi connectivity index (χ0) is 25.8. The van der Waals surface area contributed by atoms with E-state index in [4.69, 9.17) is 11.5 Å². The SMILES string of the molecule is Cc1ccc(S(=O)(=O)NC(=O)N2CCCC2C(=O)Nc2ccc(S(=O)(=O)NN=C(N)N)cc2)cc1. The van der Waals surface area contributed by atoms with Gasteiger partial charge in [0.25, 0.3) is 20.0 Å². The van der Waals surface area contributed by atoms with Crippen LogP contribution < -0.4 is 26.3 Å². The van der Waals surface area contributed by atoms with Gasteiger partial charge in [0.1, 0.15) is 6.04 Å². The lowest BCUT2D eigenvalue weighted by molar-refractivity contribution is -0.119. The van der Waals surface area contributed by atoms with E-state index in [0.29, 0.717) is 12.8 Å². The molecule has 7 N–H and O–H groups in total. The van der Waals surface area contributed by atoms with Crippen LogP contribution in [0.25, 0.3) is 0 Å². The van der Waals surface area contributed by atoms with Crippen molar-refractivity contribution in [2.45, 2.75) is 35.6 Å². The Labute approximate surface area is 202 Å². The number of amides is 3. The van der Waals surface area contributed by atoms with Crippen LogP contribution in [0.15, 0.2) is 63.4 Å². The van der Waals surface area contributed by atoms with Gasteiger partial charge in [0, 0.05) is 12.2 Å². The van der Waals surface area contributed by atoms with Crippen molar-refractivity contribution in [1.82, 2.24) is 14.5 Å². The van der Waals surface area contributed by atoms with Crippen molar-refractivity contribution < 1.29 is 26.4 Å². The Kier molecular flexibility index (Phi) is 7.50. The maximum atomic E-state index is 12.8. The molecule has 0 spiro atoms. The maximum Gasteiger partial charge on any atom is 0.331 e. The van der Waals surface area contributed by atoms with E-state index in [2.05, 4.69) is 10.4 Å². The summed E-state index contributed by atoms with van der Waals surface area (Å²) >= 11 is 0. The number of aryl methyl sites for hydroxylation is 1. The summed E-state index contributed by atoms with van der Waals surface area (Å²) in [6.07, 6.45) is 0.836. The fourth-order valence-corrected chi connectivity index (χ4v) is 5.13. The van der Waals surface area contributed by atoms with Crippen molar-refractivity contribution in [2.24, 2.45) is 16.6 Å². The third-order valence-electron chi connectivity index (χ3n) is 5.10. The number of hydrogen-bond donors (Lipinski definition) is 5. The van der Waals surface area contributed by atoms with Crippen molar-refractivity contribution in [3.8, 4) is 0 Å². The molecule has 1 heterocycles. The van der Waals surface area contributed by atoms with Crippen LogP contribution in [-0.4, -0.2) is 52.2 Å². The Balaban J connectivity index is 1.66. The third-order valence-corrected chi connectivity index (χ3v) is 7.66. The highest BCUT2D eigenvalue weighted by atomic mass is 32.2. The van der Waals surface area contributed by atoms with Gasteiger partial charge in [-0.2, -0.15) is 13.2 Å². The van der Waals surface area contributed by atoms with Gasteiger partial charge in [0.2, 0.25) is 11.9 Å². The number of likely N-dealkylation sites (tertiary alicyclic amines) is 1. The monoisotopic (exact) mass is 523 g/mol. The quantitative estimate of drug-likeness (QED) is 0.189. The second kappa shape index (κ2) is 10.2. The van der Waals surface area contributed by atoms with Gasteiger partial charge in [-0.15, -0.1) is 5.10 Å². The van der Waals surface area contributed by atoms with Gasteiger partial charge in [-0.1, -0.05) is 17.7 Å². The molecule has 2 aromatic carbocycles. The molecule has 1 aliphatic rings. The number of anilines is 1. The van der Waals surface area contributed by atoms with E-state index in [1.54, 1.807) is 19.1 Å². The van der Waals surface area contributed by atoms with E-state index in [1.165, 1.54) is 36.4 Å². The largest absolute Gasteiger partial charge is 0.369 e. The van der Waals surface area contributed by atoms with Crippen LogP contribution in [0.1, 0.15) is 18.4 Å². The molecule has 3 amide bonds. The molecule has 0 radical (unpaired) electrons. The van der Waals surface area contributed by atoms with Gasteiger partial charge in [0.05, 0.1) is 9.79 Å². The first-order chi connectivity index (χ1) is 16.4. The predicted molar refractivity (Wildman–Crippen MR) is 128 cm³/mol. The molecule has 2 aromatic rings. The van der Waals surface area contributed by atoms with Gasteiger partial charge in [0.15, 0.2) is 0 Å². The highest BCUT2D eigenvalue weighted by Crippen LogP contribution is 2.21. The Bertz CT molecular complexity index is 1340. The van der Waals surface area contributed by atoms with Gasteiger partial charge in [-0.05, 0) is 56.2 Å². The minimum atomic E-state index is -4.11. The molecule has 1 atom stereocenters. The molecule has 1 aliphatic heterocycles. The lowest BCUT2D eigenvalue weighted by atomic mass is 10.2. The molecule has 35 heavy (non-hydrogen) atoms. The summed E-state index contributed by atoms with van der Waals surface area (Å²) in [5, 5.41) is 5.85. The summed E-state index contributed by atoms with van der Waals surface area (Å²) in [4.78, 5) is 28.3. The lowest BCUT2D eigenvalue weighted by Gasteiger charge is -2.24. The second-order valence-corrected chi connectivity index (χ2v) is 11.1. The molecule has 3 rings (SSSR count). The number of carbonyl (C=O) groups excluding carboxylic acids is 2.